The van der Waals surface area contributed by atoms with Gasteiger partial charge in [0.15, 0.2) is 5.78 Å². The van der Waals surface area contributed by atoms with Crippen molar-refractivity contribution in [3.8, 4) is 5.75 Å². The number of phenols is 1. The Morgan fingerprint density at radius 3 is 2.72 bits per heavy atom. The van der Waals surface area contributed by atoms with E-state index in [9.17, 15) is 15.0 Å². The van der Waals surface area contributed by atoms with Gasteiger partial charge in [0.2, 0.25) is 0 Å². The quantitative estimate of drug-likeness (QED) is 0.785. The van der Waals surface area contributed by atoms with Gasteiger partial charge in [-0.15, -0.1) is 0 Å². The summed E-state index contributed by atoms with van der Waals surface area (Å²) in [6.07, 6.45) is 0.488. The van der Waals surface area contributed by atoms with Crippen molar-refractivity contribution in [3.05, 3.63) is 23.8 Å². The lowest BCUT2D eigenvalue weighted by molar-refractivity contribution is 0.0971. The van der Waals surface area contributed by atoms with E-state index in [4.69, 9.17) is 0 Å². The second kappa shape index (κ2) is 4.98. The van der Waals surface area contributed by atoms with Gasteiger partial charge in [-0.1, -0.05) is 6.92 Å². The summed E-state index contributed by atoms with van der Waals surface area (Å²) in [7, 11) is 0. The van der Waals surface area contributed by atoms with Crippen LogP contribution in [-0.4, -0.2) is 35.2 Å². The maximum atomic E-state index is 11.2. The van der Waals surface area contributed by atoms with Gasteiger partial charge in [0, 0.05) is 24.8 Å². The molecule has 0 aromatic heterocycles. The Morgan fingerprint density at radius 2 is 2.17 bits per heavy atom. The Kier molecular flexibility index (Phi) is 3.57. The standard InChI is InChI=1S/C14H19NO3/c1-9-8-15(6-5-13(9)17)11-3-4-12(10(2)16)14(18)7-11/h3-4,7,9,13,17-18H,5-6,8H2,1-2H3. The molecule has 1 aliphatic rings. The number of nitrogens with zero attached hydrogens (tertiary/aromatic N) is 1. The van der Waals surface area contributed by atoms with Gasteiger partial charge >= 0.3 is 0 Å². The summed E-state index contributed by atoms with van der Waals surface area (Å²) >= 11 is 0. The molecule has 1 aliphatic heterocycles. The molecule has 2 N–H and O–H groups in total. The van der Waals surface area contributed by atoms with Crippen LogP contribution in [0.1, 0.15) is 30.6 Å². The number of carbonyl (C=O) groups is 1. The summed E-state index contributed by atoms with van der Waals surface area (Å²) in [6.45, 7) is 4.99. The molecule has 1 fully saturated rings. The fourth-order valence-corrected chi connectivity index (χ4v) is 2.38. The Hall–Kier alpha value is -1.55. The molecule has 1 aromatic carbocycles. The van der Waals surface area contributed by atoms with Crippen molar-refractivity contribution in [2.75, 3.05) is 18.0 Å². The molecule has 2 rings (SSSR count). The molecule has 2 unspecified atom stereocenters. The Balaban J connectivity index is 2.19. The molecule has 18 heavy (non-hydrogen) atoms. The molecule has 98 valence electrons. The molecular formula is C14H19NO3. The van der Waals surface area contributed by atoms with Crippen LogP contribution in [-0.2, 0) is 0 Å². The lowest BCUT2D eigenvalue weighted by Gasteiger charge is -2.36. The number of hydrogen-bond acceptors (Lipinski definition) is 4. The van der Waals surface area contributed by atoms with Gasteiger partial charge < -0.3 is 15.1 Å². The second-order valence-electron chi connectivity index (χ2n) is 5.04. The number of hydrogen-bond donors (Lipinski definition) is 2. The molecule has 0 spiro atoms. The van der Waals surface area contributed by atoms with Crippen LogP contribution in [0.3, 0.4) is 0 Å². The van der Waals surface area contributed by atoms with Gasteiger partial charge in [-0.3, -0.25) is 4.79 Å². The average Bonchev–Trinajstić information content (AvgIpc) is 2.32. The maximum absolute atomic E-state index is 11.2. The minimum absolute atomic E-state index is 0.0266. The number of carbonyl (C=O) groups excluding carboxylic acids is 1. The number of ketones is 1. The van der Waals surface area contributed by atoms with Crippen molar-refractivity contribution in [2.45, 2.75) is 26.4 Å². The number of aliphatic hydroxyl groups is 1. The molecule has 0 amide bonds. The van der Waals surface area contributed by atoms with Gasteiger partial charge in [-0.2, -0.15) is 0 Å². The van der Waals surface area contributed by atoms with Crippen LogP contribution in [0.15, 0.2) is 18.2 Å². The summed E-state index contributed by atoms with van der Waals surface area (Å²) in [6, 6.07) is 5.13. The van der Waals surface area contributed by atoms with E-state index < -0.39 is 0 Å². The van der Waals surface area contributed by atoms with Gasteiger partial charge in [-0.05, 0) is 31.4 Å². The van der Waals surface area contributed by atoms with Gasteiger partial charge in [0.1, 0.15) is 5.75 Å². The van der Waals surface area contributed by atoms with Crippen molar-refractivity contribution in [1.29, 1.82) is 0 Å². The number of rotatable bonds is 2. The van der Waals surface area contributed by atoms with Crippen molar-refractivity contribution in [2.24, 2.45) is 5.92 Å². The number of piperidine rings is 1. The first kappa shape index (κ1) is 12.9. The number of benzene rings is 1. The SMILES string of the molecule is CC(=O)c1ccc(N2CCC(O)C(C)C2)cc1O. The predicted octanol–water partition coefficient (Wildman–Crippen LogP) is 1.80. The molecular weight excluding hydrogens is 230 g/mol. The summed E-state index contributed by atoms with van der Waals surface area (Å²) < 4.78 is 0. The van der Waals surface area contributed by atoms with Crippen molar-refractivity contribution < 1.29 is 15.0 Å². The van der Waals surface area contributed by atoms with Crippen LogP contribution in [0.5, 0.6) is 5.75 Å². The number of anilines is 1. The monoisotopic (exact) mass is 249 g/mol. The zero-order valence-corrected chi connectivity index (χ0v) is 10.8. The van der Waals surface area contributed by atoms with E-state index in [-0.39, 0.29) is 23.6 Å². The lowest BCUT2D eigenvalue weighted by atomic mass is 9.96. The molecule has 0 radical (unpaired) electrons. The molecule has 2 atom stereocenters. The number of aromatic hydroxyl groups is 1. The van der Waals surface area contributed by atoms with Crippen LogP contribution in [0.25, 0.3) is 0 Å². The van der Waals surface area contributed by atoms with Crippen LogP contribution >= 0.6 is 0 Å². The molecule has 1 saturated heterocycles. The first-order valence-corrected chi connectivity index (χ1v) is 6.26. The van der Waals surface area contributed by atoms with E-state index in [0.717, 1.165) is 25.2 Å². The Bertz CT molecular complexity index is 458. The molecule has 0 aliphatic carbocycles. The van der Waals surface area contributed by atoms with E-state index in [2.05, 4.69) is 4.90 Å². The van der Waals surface area contributed by atoms with E-state index in [1.54, 1.807) is 12.1 Å². The zero-order chi connectivity index (χ0) is 13.3. The van der Waals surface area contributed by atoms with Crippen LogP contribution in [0.4, 0.5) is 5.69 Å². The summed E-state index contributed by atoms with van der Waals surface area (Å²) in [5.41, 5.74) is 1.25. The minimum atomic E-state index is -0.244. The topological polar surface area (TPSA) is 60.8 Å². The zero-order valence-electron chi connectivity index (χ0n) is 10.8. The molecule has 1 heterocycles. The highest BCUT2D eigenvalue weighted by Gasteiger charge is 2.24. The van der Waals surface area contributed by atoms with Gasteiger partial charge in [0.25, 0.3) is 0 Å². The lowest BCUT2D eigenvalue weighted by Crippen LogP contribution is -2.41. The van der Waals surface area contributed by atoms with Gasteiger partial charge in [0.05, 0.1) is 11.7 Å². The number of phenolic OH excluding ortho intramolecular Hbond substituents is 1. The van der Waals surface area contributed by atoms with Gasteiger partial charge in [-0.25, -0.2) is 0 Å². The van der Waals surface area contributed by atoms with Crippen LogP contribution in [0, 0.1) is 5.92 Å². The largest absolute Gasteiger partial charge is 0.507 e. The number of aliphatic hydroxyl groups excluding tert-OH is 1. The van der Waals surface area contributed by atoms with Crippen LogP contribution in [0.2, 0.25) is 0 Å². The third-order valence-corrected chi connectivity index (χ3v) is 3.59. The minimum Gasteiger partial charge on any atom is -0.507 e. The fraction of sp³-hybridized carbons (Fsp3) is 0.500. The second-order valence-corrected chi connectivity index (χ2v) is 5.04. The Morgan fingerprint density at radius 1 is 1.44 bits per heavy atom. The highest BCUT2D eigenvalue weighted by molar-refractivity contribution is 5.97. The predicted molar refractivity (Wildman–Crippen MR) is 70.1 cm³/mol. The fourth-order valence-electron chi connectivity index (χ4n) is 2.38. The van der Waals surface area contributed by atoms with E-state index >= 15 is 0 Å². The highest BCUT2D eigenvalue weighted by Crippen LogP contribution is 2.28. The third kappa shape index (κ3) is 2.48. The smallest absolute Gasteiger partial charge is 0.163 e. The van der Waals surface area contributed by atoms with E-state index in [0.29, 0.717) is 5.56 Å². The van der Waals surface area contributed by atoms with Crippen molar-refractivity contribution in [1.82, 2.24) is 0 Å². The molecule has 4 heteroatoms. The first-order valence-electron chi connectivity index (χ1n) is 6.26. The molecule has 4 nitrogen and oxygen atoms in total. The summed E-state index contributed by atoms with van der Waals surface area (Å²) in [5.74, 6) is 0.105. The van der Waals surface area contributed by atoms with E-state index in [1.165, 1.54) is 6.92 Å². The van der Waals surface area contributed by atoms with Crippen molar-refractivity contribution in [3.63, 3.8) is 0 Å². The summed E-state index contributed by atoms with van der Waals surface area (Å²) in [5, 5.41) is 19.5. The van der Waals surface area contributed by atoms with E-state index in [1.807, 2.05) is 13.0 Å². The molecule has 0 saturated carbocycles. The first-order chi connectivity index (χ1) is 8.49. The normalized spacial score (nSPS) is 24.1. The highest BCUT2D eigenvalue weighted by atomic mass is 16.3. The average molecular weight is 249 g/mol. The Labute approximate surface area is 107 Å². The maximum Gasteiger partial charge on any atom is 0.163 e. The number of Topliss-reactive ketones (excluding diaryl/α,β-unsaturated/α-hetero) is 1. The van der Waals surface area contributed by atoms with Crippen LogP contribution < -0.4 is 4.90 Å². The molecule has 0 bridgehead atoms. The van der Waals surface area contributed by atoms with Crippen molar-refractivity contribution >= 4 is 11.5 Å². The third-order valence-electron chi connectivity index (χ3n) is 3.59. The summed E-state index contributed by atoms with van der Waals surface area (Å²) in [4.78, 5) is 13.4. The molecule has 1 aromatic rings.